The summed E-state index contributed by atoms with van der Waals surface area (Å²) in [5.74, 6) is 0.783. The van der Waals surface area contributed by atoms with Gasteiger partial charge < -0.3 is 15.4 Å². The van der Waals surface area contributed by atoms with Crippen LogP contribution in [-0.4, -0.2) is 33.3 Å². The zero-order chi connectivity index (χ0) is 16.8. The summed E-state index contributed by atoms with van der Waals surface area (Å²) in [5, 5.41) is 16.5. The average molecular weight is 324 g/mol. The van der Waals surface area contributed by atoms with Crippen molar-refractivity contribution >= 4 is 11.7 Å². The Kier molecular flexibility index (Phi) is 4.66. The lowest BCUT2D eigenvalue weighted by Gasteiger charge is -2.09. The summed E-state index contributed by atoms with van der Waals surface area (Å²) in [6.45, 7) is 0.429. The van der Waals surface area contributed by atoms with Gasteiger partial charge in [0.1, 0.15) is 12.1 Å². The Morgan fingerprint density at radius 2 is 1.88 bits per heavy atom. The number of amides is 2. The number of rotatable bonds is 5. The molecule has 0 spiro atoms. The van der Waals surface area contributed by atoms with Crippen molar-refractivity contribution in [2.45, 2.75) is 6.54 Å². The minimum atomic E-state index is -0.277. The summed E-state index contributed by atoms with van der Waals surface area (Å²) in [6.07, 6.45) is 1.50. The number of nitrogens with one attached hydrogen (secondary N) is 2. The third-order valence-electron chi connectivity index (χ3n) is 3.35. The summed E-state index contributed by atoms with van der Waals surface area (Å²) >= 11 is 0. The highest BCUT2D eigenvalue weighted by molar-refractivity contribution is 5.89. The molecule has 0 saturated carbocycles. The molecule has 0 aliphatic rings. The highest BCUT2D eigenvalue weighted by atomic mass is 16.5. The van der Waals surface area contributed by atoms with Crippen LogP contribution < -0.4 is 15.4 Å². The first-order chi connectivity index (χ1) is 11.7. The Morgan fingerprint density at radius 3 is 2.50 bits per heavy atom. The maximum absolute atomic E-state index is 11.9. The first-order valence-corrected chi connectivity index (χ1v) is 7.26. The van der Waals surface area contributed by atoms with Gasteiger partial charge >= 0.3 is 6.03 Å². The van der Waals surface area contributed by atoms with Crippen LogP contribution in [0.3, 0.4) is 0 Å². The quantitative estimate of drug-likeness (QED) is 0.748. The minimum absolute atomic E-state index is 0.277. The van der Waals surface area contributed by atoms with Crippen LogP contribution in [0.25, 0.3) is 5.69 Å². The van der Waals surface area contributed by atoms with E-state index in [-0.39, 0.29) is 6.03 Å². The second kappa shape index (κ2) is 7.23. The summed E-state index contributed by atoms with van der Waals surface area (Å²) < 4.78 is 6.63. The van der Waals surface area contributed by atoms with E-state index < -0.39 is 0 Å². The van der Waals surface area contributed by atoms with E-state index in [1.807, 2.05) is 36.4 Å². The maximum Gasteiger partial charge on any atom is 0.319 e. The van der Waals surface area contributed by atoms with E-state index in [9.17, 15) is 4.79 Å². The lowest BCUT2D eigenvalue weighted by atomic mass is 10.2. The molecular formula is C16H16N6O2. The SMILES string of the molecule is COc1ccc(CNC(=O)Nc2ccc(-n3cnnn3)cc2)cc1. The normalized spacial score (nSPS) is 10.2. The van der Waals surface area contributed by atoms with Gasteiger partial charge in [-0.15, -0.1) is 5.10 Å². The number of carbonyl (C=O) groups is 1. The molecule has 2 N–H and O–H groups in total. The van der Waals surface area contributed by atoms with Crippen molar-refractivity contribution in [3.05, 3.63) is 60.4 Å². The number of urea groups is 1. The van der Waals surface area contributed by atoms with Crippen molar-refractivity contribution in [2.24, 2.45) is 0 Å². The first-order valence-electron chi connectivity index (χ1n) is 7.26. The number of benzene rings is 2. The second-order valence-electron chi connectivity index (χ2n) is 4.96. The van der Waals surface area contributed by atoms with Gasteiger partial charge in [0.2, 0.25) is 0 Å². The molecule has 0 radical (unpaired) electrons. The molecule has 24 heavy (non-hydrogen) atoms. The van der Waals surface area contributed by atoms with Crippen LogP contribution in [0.15, 0.2) is 54.9 Å². The van der Waals surface area contributed by atoms with Crippen molar-refractivity contribution in [3.63, 3.8) is 0 Å². The molecule has 8 nitrogen and oxygen atoms in total. The van der Waals surface area contributed by atoms with E-state index in [1.165, 1.54) is 11.0 Å². The smallest absolute Gasteiger partial charge is 0.319 e. The van der Waals surface area contributed by atoms with Gasteiger partial charge in [0, 0.05) is 12.2 Å². The van der Waals surface area contributed by atoms with E-state index in [1.54, 1.807) is 19.2 Å². The monoisotopic (exact) mass is 324 g/mol. The molecule has 8 heteroatoms. The van der Waals surface area contributed by atoms with Crippen LogP contribution in [0.4, 0.5) is 10.5 Å². The number of hydrogen-bond donors (Lipinski definition) is 2. The molecule has 0 saturated heterocycles. The predicted molar refractivity (Wildman–Crippen MR) is 88.0 cm³/mol. The van der Waals surface area contributed by atoms with Gasteiger partial charge in [0.05, 0.1) is 12.8 Å². The number of carbonyl (C=O) groups excluding carboxylic acids is 1. The Labute approximate surface area is 138 Å². The van der Waals surface area contributed by atoms with Gasteiger partial charge in [0.25, 0.3) is 0 Å². The van der Waals surface area contributed by atoms with Crippen LogP contribution >= 0.6 is 0 Å². The third kappa shape index (κ3) is 3.86. The predicted octanol–water partition coefficient (Wildman–Crippen LogP) is 1.99. The summed E-state index contributed by atoms with van der Waals surface area (Å²) in [5.41, 5.74) is 2.48. The lowest BCUT2D eigenvalue weighted by molar-refractivity contribution is 0.251. The summed E-state index contributed by atoms with van der Waals surface area (Å²) in [4.78, 5) is 11.9. The second-order valence-corrected chi connectivity index (χ2v) is 4.96. The van der Waals surface area contributed by atoms with Gasteiger partial charge in [-0.25, -0.2) is 9.48 Å². The fourth-order valence-electron chi connectivity index (χ4n) is 2.08. The Hall–Kier alpha value is -3.42. The highest BCUT2D eigenvalue weighted by Crippen LogP contribution is 2.13. The molecule has 1 aromatic heterocycles. The van der Waals surface area contributed by atoms with Crippen LogP contribution in [0.2, 0.25) is 0 Å². The number of methoxy groups -OCH3 is 1. The molecule has 0 bridgehead atoms. The zero-order valence-corrected chi connectivity index (χ0v) is 13.0. The molecule has 3 rings (SSSR count). The van der Waals surface area contributed by atoms with Crippen molar-refractivity contribution < 1.29 is 9.53 Å². The van der Waals surface area contributed by atoms with Crippen LogP contribution in [0, 0.1) is 0 Å². The molecule has 0 fully saturated rings. The topological polar surface area (TPSA) is 94.0 Å². The minimum Gasteiger partial charge on any atom is -0.497 e. The van der Waals surface area contributed by atoms with Gasteiger partial charge in [-0.1, -0.05) is 12.1 Å². The van der Waals surface area contributed by atoms with Crippen molar-refractivity contribution in [2.75, 3.05) is 12.4 Å². The molecule has 0 atom stereocenters. The molecule has 1 heterocycles. The number of hydrogen-bond acceptors (Lipinski definition) is 5. The van der Waals surface area contributed by atoms with E-state index in [2.05, 4.69) is 26.2 Å². The summed E-state index contributed by atoms with van der Waals surface area (Å²) in [6, 6.07) is 14.4. The summed E-state index contributed by atoms with van der Waals surface area (Å²) in [7, 11) is 1.62. The molecule has 2 aromatic carbocycles. The molecular weight excluding hydrogens is 308 g/mol. The van der Waals surface area contributed by atoms with Crippen LogP contribution in [0.1, 0.15) is 5.56 Å². The fourth-order valence-corrected chi connectivity index (χ4v) is 2.08. The molecule has 3 aromatic rings. The third-order valence-corrected chi connectivity index (χ3v) is 3.35. The standard InChI is InChI=1S/C16H16N6O2/c1-24-15-8-2-12(3-9-15)10-17-16(23)19-13-4-6-14(7-5-13)22-11-18-20-21-22/h2-9,11H,10H2,1H3,(H2,17,19,23). The van der Waals surface area contributed by atoms with E-state index in [0.717, 1.165) is 17.0 Å². The van der Waals surface area contributed by atoms with E-state index in [0.29, 0.717) is 12.2 Å². The Morgan fingerprint density at radius 1 is 1.12 bits per heavy atom. The van der Waals surface area contributed by atoms with Crippen LogP contribution in [-0.2, 0) is 6.54 Å². The zero-order valence-electron chi connectivity index (χ0n) is 13.0. The Bertz CT molecular complexity index is 784. The highest BCUT2D eigenvalue weighted by Gasteiger charge is 2.03. The van der Waals surface area contributed by atoms with Gasteiger partial charge in [-0.05, 0) is 52.4 Å². The van der Waals surface area contributed by atoms with Crippen molar-refractivity contribution in [3.8, 4) is 11.4 Å². The van der Waals surface area contributed by atoms with Crippen molar-refractivity contribution in [1.82, 2.24) is 25.5 Å². The maximum atomic E-state index is 11.9. The number of ether oxygens (including phenoxy) is 1. The van der Waals surface area contributed by atoms with Crippen LogP contribution in [0.5, 0.6) is 5.75 Å². The first kappa shape index (κ1) is 15.5. The van der Waals surface area contributed by atoms with E-state index in [4.69, 9.17) is 4.74 Å². The largest absolute Gasteiger partial charge is 0.497 e. The molecule has 0 unspecified atom stereocenters. The fraction of sp³-hybridized carbons (Fsp3) is 0.125. The lowest BCUT2D eigenvalue weighted by Crippen LogP contribution is -2.28. The van der Waals surface area contributed by atoms with Gasteiger partial charge in [-0.3, -0.25) is 0 Å². The van der Waals surface area contributed by atoms with Crippen molar-refractivity contribution in [1.29, 1.82) is 0 Å². The number of tetrazole rings is 1. The average Bonchev–Trinajstić information content (AvgIpc) is 3.16. The van der Waals surface area contributed by atoms with Gasteiger partial charge in [0.15, 0.2) is 0 Å². The Balaban J connectivity index is 1.52. The molecule has 0 aliphatic carbocycles. The molecule has 2 amide bonds. The number of anilines is 1. The van der Waals surface area contributed by atoms with Gasteiger partial charge in [-0.2, -0.15) is 0 Å². The molecule has 0 aliphatic heterocycles. The number of aromatic nitrogens is 4. The number of nitrogens with zero attached hydrogens (tertiary/aromatic N) is 4. The van der Waals surface area contributed by atoms with E-state index >= 15 is 0 Å². The molecule has 122 valence electrons.